The smallest absolute Gasteiger partial charge is 0.335 e. The van der Waals surface area contributed by atoms with E-state index in [0.29, 0.717) is 32.1 Å². The summed E-state index contributed by atoms with van der Waals surface area (Å²) < 4.78 is 5.07. The molecule has 5 rings (SSSR count). The fraction of sp³-hybridized carbons (Fsp3) is 0.667. The van der Waals surface area contributed by atoms with Gasteiger partial charge in [0.05, 0.1) is 29.0 Å². The van der Waals surface area contributed by atoms with Gasteiger partial charge in [0.1, 0.15) is 6.29 Å². The summed E-state index contributed by atoms with van der Waals surface area (Å²) in [6.45, 7) is 2.02. The average Bonchev–Trinajstić information content (AvgIpc) is 2.93. The van der Waals surface area contributed by atoms with Gasteiger partial charge in [-0.25, -0.2) is 4.79 Å². The molecule has 1 heterocycles. The van der Waals surface area contributed by atoms with E-state index in [-0.39, 0.29) is 24.2 Å². The Balaban J connectivity index is 1.58. The number of aliphatic hydroxyl groups is 3. The second-order valence-electron chi connectivity index (χ2n) is 10.3. The van der Waals surface area contributed by atoms with E-state index in [1.807, 2.05) is 13.0 Å². The Labute approximate surface area is 175 Å². The molecule has 6 nitrogen and oxygen atoms in total. The molecule has 162 valence electrons. The molecule has 0 radical (unpaired) electrons. The van der Waals surface area contributed by atoms with Crippen molar-refractivity contribution in [1.29, 1.82) is 0 Å². The first-order valence-electron chi connectivity index (χ1n) is 11.1. The molecular weight excluding hydrogens is 384 g/mol. The van der Waals surface area contributed by atoms with Crippen LogP contribution in [0.2, 0.25) is 0 Å². The van der Waals surface area contributed by atoms with E-state index < -0.39 is 33.8 Å². The Kier molecular flexibility index (Phi) is 4.28. The summed E-state index contributed by atoms with van der Waals surface area (Å²) >= 11 is 0. The predicted octanol–water partition coefficient (Wildman–Crippen LogP) is 2.31. The molecular formula is C24H30O6. The van der Waals surface area contributed by atoms with Crippen LogP contribution in [0.25, 0.3) is 0 Å². The third-order valence-corrected chi connectivity index (χ3v) is 9.37. The number of hydrogen-bond donors (Lipinski definition) is 3. The minimum atomic E-state index is -1.16. The SMILES string of the molecule is CC12CCC3C(CCC4(O)C=CCCC34C=O)C1(O)CC(O)C2c1ccc(=O)oc1. The average molecular weight is 414 g/mol. The first-order valence-corrected chi connectivity index (χ1v) is 11.1. The highest BCUT2D eigenvalue weighted by atomic mass is 16.4. The Morgan fingerprint density at radius 2 is 1.90 bits per heavy atom. The number of rotatable bonds is 2. The number of carbonyl (C=O) groups is 1. The molecule has 0 amide bonds. The van der Waals surface area contributed by atoms with Gasteiger partial charge in [-0.3, -0.25) is 0 Å². The summed E-state index contributed by atoms with van der Waals surface area (Å²) in [6.07, 6.45) is 9.27. The fourth-order valence-electron chi connectivity index (χ4n) is 7.91. The lowest BCUT2D eigenvalue weighted by Crippen LogP contribution is -2.67. The second kappa shape index (κ2) is 6.38. The molecule has 0 saturated heterocycles. The monoisotopic (exact) mass is 414 g/mol. The Morgan fingerprint density at radius 1 is 1.13 bits per heavy atom. The predicted molar refractivity (Wildman–Crippen MR) is 109 cm³/mol. The van der Waals surface area contributed by atoms with Crippen molar-refractivity contribution in [1.82, 2.24) is 0 Å². The summed E-state index contributed by atoms with van der Waals surface area (Å²) in [6, 6.07) is 3.03. The Bertz CT molecular complexity index is 933. The second-order valence-corrected chi connectivity index (χ2v) is 10.3. The molecule has 3 saturated carbocycles. The van der Waals surface area contributed by atoms with Crippen molar-refractivity contribution in [2.24, 2.45) is 22.7 Å². The minimum Gasteiger partial charge on any atom is -0.431 e. The number of aldehydes is 1. The van der Waals surface area contributed by atoms with Gasteiger partial charge in [0.2, 0.25) is 0 Å². The molecule has 0 aromatic carbocycles. The first kappa shape index (κ1) is 20.2. The van der Waals surface area contributed by atoms with E-state index in [9.17, 15) is 24.9 Å². The number of carbonyl (C=O) groups excluding carboxylic acids is 1. The van der Waals surface area contributed by atoms with Crippen LogP contribution < -0.4 is 5.63 Å². The maximum atomic E-state index is 12.5. The molecule has 30 heavy (non-hydrogen) atoms. The number of fused-ring (bicyclic) bond motifs is 5. The number of allylic oxidation sites excluding steroid dienone is 1. The van der Waals surface area contributed by atoms with Crippen LogP contribution in [0, 0.1) is 22.7 Å². The highest BCUT2D eigenvalue weighted by Gasteiger charge is 2.72. The van der Waals surface area contributed by atoms with Crippen LogP contribution in [-0.4, -0.2) is 38.9 Å². The molecule has 4 aliphatic rings. The summed E-state index contributed by atoms with van der Waals surface area (Å²) in [5.74, 6) is -0.660. The number of hydrogen-bond acceptors (Lipinski definition) is 6. The van der Waals surface area contributed by atoms with Gasteiger partial charge in [-0.05, 0) is 62.0 Å². The molecule has 0 bridgehead atoms. The summed E-state index contributed by atoms with van der Waals surface area (Å²) in [5.41, 5.74) is -3.54. The van der Waals surface area contributed by atoms with Crippen molar-refractivity contribution in [3.63, 3.8) is 0 Å². The largest absolute Gasteiger partial charge is 0.431 e. The van der Waals surface area contributed by atoms with Gasteiger partial charge >= 0.3 is 5.63 Å². The lowest BCUT2D eigenvalue weighted by atomic mass is 9.42. The first-order chi connectivity index (χ1) is 14.2. The number of aliphatic hydroxyl groups excluding tert-OH is 1. The third-order valence-electron chi connectivity index (χ3n) is 9.37. The highest BCUT2D eigenvalue weighted by Crippen LogP contribution is 2.70. The van der Waals surface area contributed by atoms with Gasteiger partial charge in [0, 0.05) is 23.8 Å². The van der Waals surface area contributed by atoms with Crippen LogP contribution in [0.3, 0.4) is 0 Å². The van der Waals surface area contributed by atoms with Gasteiger partial charge in [-0.15, -0.1) is 0 Å². The van der Waals surface area contributed by atoms with E-state index in [0.717, 1.165) is 18.3 Å². The van der Waals surface area contributed by atoms with E-state index in [4.69, 9.17) is 4.42 Å². The zero-order valence-electron chi connectivity index (χ0n) is 17.3. The van der Waals surface area contributed by atoms with Crippen molar-refractivity contribution in [3.05, 3.63) is 46.5 Å². The molecule has 3 N–H and O–H groups in total. The molecule has 8 atom stereocenters. The van der Waals surface area contributed by atoms with Gasteiger partial charge in [0.15, 0.2) is 0 Å². The van der Waals surface area contributed by atoms with E-state index in [1.165, 1.54) is 12.3 Å². The minimum absolute atomic E-state index is 0.128. The maximum Gasteiger partial charge on any atom is 0.335 e. The van der Waals surface area contributed by atoms with Crippen LogP contribution >= 0.6 is 0 Å². The van der Waals surface area contributed by atoms with Crippen molar-refractivity contribution in [2.45, 2.75) is 75.1 Å². The van der Waals surface area contributed by atoms with Crippen LogP contribution in [0.15, 0.2) is 39.8 Å². The molecule has 8 unspecified atom stereocenters. The molecule has 6 heteroatoms. The van der Waals surface area contributed by atoms with E-state index in [1.54, 1.807) is 12.1 Å². The summed E-state index contributed by atoms with van der Waals surface area (Å²) in [7, 11) is 0. The third kappa shape index (κ3) is 2.30. The topological polar surface area (TPSA) is 108 Å². The molecule has 0 spiro atoms. The molecule has 1 aromatic rings. The molecule has 4 aliphatic carbocycles. The summed E-state index contributed by atoms with van der Waals surface area (Å²) in [5, 5.41) is 34.6. The van der Waals surface area contributed by atoms with E-state index >= 15 is 0 Å². The molecule has 3 fully saturated rings. The zero-order chi connectivity index (χ0) is 21.4. The lowest BCUT2D eigenvalue weighted by Gasteiger charge is -2.63. The Hall–Kier alpha value is -1.76. The van der Waals surface area contributed by atoms with Crippen LogP contribution in [0.5, 0.6) is 0 Å². The normalized spacial score (nSPS) is 49.7. The molecule has 1 aromatic heterocycles. The van der Waals surface area contributed by atoms with Gasteiger partial charge in [-0.2, -0.15) is 0 Å². The van der Waals surface area contributed by atoms with Crippen LogP contribution in [0.4, 0.5) is 0 Å². The van der Waals surface area contributed by atoms with Gasteiger partial charge in [0.25, 0.3) is 0 Å². The lowest BCUT2D eigenvalue weighted by molar-refractivity contribution is -0.222. The van der Waals surface area contributed by atoms with Crippen molar-refractivity contribution in [2.75, 3.05) is 0 Å². The van der Waals surface area contributed by atoms with Crippen LogP contribution in [-0.2, 0) is 4.79 Å². The zero-order valence-corrected chi connectivity index (χ0v) is 17.3. The standard InChI is InChI=1S/C24H30O6/c1-21-10-6-16-17(7-11-23(28)9-3-2-8-22(16,23)14-25)24(21,29)12-18(26)20(21)15-4-5-19(27)30-13-15/h3-5,9,13-14,16-18,20,26,28-29H,2,6-8,10-12H2,1H3. The molecule has 0 aliphatic heterocycles. The maximum absolute atomic E-state index is 12.5. The highest BCUT2D eigenvalue weighted by molar-refractivity contribution is 5.65. The van der Waals surface area contributed by atoms with Crippen molar-refractivity contribution < 1.29 is 24.5 Å². The van der Waals surface area contributed by atoms with Crippen molar-refractivity contribution in [3.8, 4) is 0 Å². The van der Waals surface area contributed by atoms with Gasteiger partial charge < -0.3 is 24.5 Å². The van der Waals surface area contributed by atoms with Crippen molar-refractivity contribution >= 4 is 6.29 Å². The Morgan fingerprint density at radius 3 is 2.60 bits per heavy atom. The van der Waals surface area contributed by atoms with Crippen LogP contribution in [0.1, 0.15) is 63.4 Å². The summed E-state index contributed by atoms with van der Waals surface area (Å²) in [4.78, 5) is 23.9. The van der Waals surface area contributed by atoms with E-state index in [2.05, 4.69) is 0 Å². The quantitative estimate of drug-likeness (QED) is 0.506. The van der Waals surface area contributed by atoms with Gasteiger partial charge in [-0.1, -0.05) is 19.1 Å². The fourth-order valence-corrected chi connectivity index (χ4v) is 7.91.